The molecule has 14 heteroatoms. The van der Waals surface area contributed by atoms with Gasteiger partial charge in [-0.15, -0.1) is 0 Å². The Morgan fingerprint density at radius 1 is 0.571 bits per heavy atom. The first kappa shape index (κ1) is 36.0. The van der Waals surface area contributed by atoms with E-state index in [4.69, 9.17) is 31.8 Å². The molecule has 0 aromatic rings. The summed E-state index contributed by atoms with van der Waals surface area (Å²) in [6.45, 7) is 0. The predicted octanol–water partition coefficient (Wildman–Crippen LogP) is -4.50. The Hall–Kier alpha value is 3.03. The molecule has 0 radical (unpaired) electrons. The minimum atomic E-state index is -5.25. The van der Waals surface area contributed by atoms with Crippen molar-refractivity contribution in [1.29, 1.82) is 0 Å². The molecule has 0 fully saturated rings. The molecule has 0 saturated carbocycles. The van der Waals surface area contributed by atoms with Crippen molar-refractivity contribution >= 4 is 88.7 Å². The quantitative estimate of drug-likeness (QED) is 0.325. The molecule has 0 aliphatic heterocycles. The van der Waals surface area contributed by atoms with Gasteiger partial charge in [0.1, 0.15) is 0 Å². The van der Waals surface area contributed by atoms with Crippen molar-refractivity contribution in [2.24, 2.45) is 0 Å². The summed E-state index contributed by atoms with van der Waals surface area (Å²) in [5.41, 5.74) is 0. The standard InChI is InChI=1S/2Cr.FH.3Na.4H2O.4O.3H/h;;1H;;;;4*1H2;;;;;;;/q2*+2;;;;;;;;;;;;;;;/p-4. The zero-order chi connectivity index (χ0) is 9.00. The van der Waals surface area contributed by atoms with E-state index in [1.54, 1.807) is 0 Å². The van der Waals surface area contributed by atoms with Crippen molar-refractivity contribution in [3.8, 4) is 0 Å². The molecule has 14 heavy (non-hydrogen) atoms. The van der Waals surface area contributed by atoms with Gasteiger partial charge in [0.05, 0.1) is 0 Å². The van der Waals surface area contributed by atoms with E-state index in [0.717, 1.165) is 0 Å². The maximum atomic E-state index is 8.82. The molecule has 0 rings (SSSR count). The first-order valence-corrected chi connectivity index (χ1v) is 5.76. The molecule has 0 saturated heterocycles. The second kappa shape index (κ2) is 16.0. The number of rotatable bonds is 0. The molecule has 0 bridgehead atoms. The normalized spacial score (nSPS) is 8.29. The van der Waals surface area contributed by atoms with Gasteiger partial charge < -0.3 is 0 Å². The van der Waals surface area contributed by atoms with E-state index in [0.29, 0.717) is 0 Å². The molecule has 0 aliphatic rings. The monoisotopic (exact) mass is 328 g/mol. The fourth-order valence-electron chi connectivity index (χ4n) is 0. The van der Waals surface area contributed by atoms with Crippen molar-refractivity contribution < 1.29 is 63.8 Å². The van der Waals surface area contributed by atoms with Crippen LogP contribution in [0.4, 0.5) is 4.70 Å². The third kappa shape index (κ3) is 322. The van der Waals surface area contributed by atoms with Crippen LogP contribution in [0.15, 0.2) is 0 Å². The van der Waals surface area contributed by atoms with Crippen molar-refractivity contribution in [3.63, 3.8) is 0 Å². The van der Waals surface area contributed by atoms with Crippen LogP contribution in [0.25, 0.3) is 0 Å². The Balaban J connectivity index is -0.0000000178. The van der Waals surface area contributed by atoms with Gasteiger partial charge >= 0.3 is 148 Å². The minimum absolute atomic E-state index is 0. The number of hydrogen-bond acceptors (Lipinski definition) is 4. The Morgan fingerprint density at radius 2 is 0.571 bits per heavy atom. The van der Waals surface area contributed by atoms with Crippen LogP contribution in [0.3, 0.4) is 0 Å². The van der Waals surface area contributed by atoms with Gasteiger partial charge in [0.2, 0.25) is 0 Å². The molecule has 0 spiro atoms. The Kier molecular flexibility index (Phi) is 41.2. The van der Waals surface area contributed by atoms with Crippen molar-refractivity contribution in [3.05, 3.63) is 0 Å². The van der Waals surface area contributed by atoms with Crippen molar-refractivity contribution in [2.75, 3.05) is 0 Å². The Labute approximate surface area is 149 Å². The summed E-state index contributed by atoms with van der Waals surface area (Å²) in [4.78, 5) is 0. The van der Waals surface area contributed by atoms with Crippen LogP contribution in [-0.2, 0) is 42.4 Å². The third-order valence-corrected chi connectivity index (χ3v) is 0. The fraction of sp³-hybridized carbons (Fsp3) is 0. The Morgan fingerprint density at radius 3 is 0.571 bits per heavy atom. The molecule has 78 valence electrons. The molecule has 0 atom stereocenters. The maximum absolute atomic E-state index is 8.82. The zero-order valence-corrected chi connectivity index (χ0v) is 7.20. The molecular formula is H8Cr2FNa3O8. The summed E-state index contributed by atoms with van der Waals surface area (Å²) < 4.78 is 63.8. The summed E-state index contributed by atoms with van der Waals surface area (Å²) in [6, 6.07) is 0. The second-order valence-electron chi connectivity index (χ2n) is 0.896. The van der Waals surface area contributed by atoms with Gasteiger partial charge in [0.25, 0.3) is 0 Å². The summed E-state index contributed by atoms with van der Waals surface area (Å²) >= 11 is -10.5. The van der Waals surface area contributed by atoms with Crippen molar-refractivity contribution in [2.45, 2.75) is 0 Å². The molecule has 0 aromatic carbocycles. The van der Waals surface area contributed by atoms with Gasteiger partial charge in [-0.25, -0.2) is 0 Å². The van der Waals surface area contributed by atoms with Gasteiger partial charge in [0, 0.05) is 0 Å². The van der Waals surface area contributed by atoms with E-state index < -0.39 is 27.2 Å². The van der Waals surface area contributed by atoms with Crippen LogP contribution in [0.2, 0.25) is 0 Å². The second-order valence-corrected chi connectivity index (χ2v) is 3.69. The van der Waals surface area contributed by atoms with E-state index in [1.807, 2.05) is 0 Å². The molecule has 0 heterocycles. The van der Waals surface area contributed by atoms with E-state index >= 15 is 0 Å². The first-order valence-electron chi connectivity index (χ1n) is 1.40. The molecule has 0 amide bonds. The van der Waals surface area contributed by atoms with Crippen LogP contribution < -0.4 is 0 Å². The SMILES string of the molecule is F.[NaH].[NaH].[NaH].[O]=[Cr](=[O])([OH])[OH].[O]=[Cr](=[O])([OH])[OH]. The number of hydrogen-bond donors (Lipinski definition) is 4. The van der Waals surface area contributed by atoms with Gasteiger partial charge in [-0.3, -0.25) is 4.70 Å². The predicted molar refractivity (Wildman–Crippen MR) is 35.6 cm³/mol. The molecule has 0 unspecified atom stereocenters. The molecule has 0 aliphatic carbocycles. The van der Waals surface area contributed by atoms with Crippen LogP contribution in [0.5, 0.6) is 0 Å². The molecule has 0 aromatic heterocycles. The van der Waals surface area contributed by atoms with E-state index in [2.05, 4.69) is 0 Å². The average Bonchev–Trinajstić information content (AvgIpc) is 1.12. The summed E-state index contributed by atoms with van der Waals surface area (Å²) in [5, 5.41) is 0. The van der Waals surface area contributed by atoms with Gasteiger partial charge in [-0.1, -0.05) is 0 Å². The van der Waals surface area contributed by atoms with Gasteiger partial charge in [-0.2, -0.15) is 0 Å². The van der Waals surface area contributed by atoms with Gasteiger partial charge in [0.15, 0.2) is 0 Å². The zero-order valence-electron chi connectivity index (χ0n) is 4.65. The van der Waals surface area contributed by atoms with E-state index in [9.17, 15) is 0 Å². The van der Waals surface area contributed by atoms with Crippen LogP contribution in [-0.4, -0.2) is 105 Å². The third-order valence-electron chi connectivity index (χ3n) is 0. The summed E-state index contributed by atoms with van der Waals surface area (Å²) in [6.07, 6.45) is 0. The van der Waals surface area contributed by atoms with Crippen LogP contribution >= 0.6 is 0 Å². The molecule has 8 nitrogen and oxygen atoms in total. The molecular weight excluding hydrogens is 320 g/mol. The summed E-state index contributed by atoms with van der Waals surface area (Å²) in [5.74, 6) is 0. The van der Waals surface area contributed by atoms with E-state index in [-0.39, 0.29) is 93.4 Å². The fourth-order valence-corrected chi connectivity index (χ4v) is 0. The Bertz CT molecular complexity index is 219. The summed E-state index contributed by atoms with van der Waals surface area (Å²) in [7, 11) is 0. The van der Waals surface area contributed by atoms with Crippen LogP contribution in [0.1, 0.15) is 0 Å². The van der Waals surface area contributed by atoms with Gasteiger partial charge in [-0.05, 0) is 0 Å². The topological polar surface area (TPSA) is 149 Å². The number of halogens is 1. The molecule has 4 N–H and O–H groups in total. The van der Waals surface area contributed by atoms with Crippen molar-refractivity contribution in [1.82, 2.24) is 0 Å². The average molecular weight is 328 g/mol. The van der Waals surface area contributed by atoms with Crippen LogP contribution in [0, 0.1) is 0 Å². The van der Waals surface area contributed by atoms with E-state index in [1.165, 1.54) is 0 Å². The first-order chi connectivity index (χ1) is 4.00.